The van der Waals surface area contributed by atoms with E-state index in [1.807, 2.05) is 6.07 Å². The number of nitrogens with one attached hydrogen (secondary N) is 1. The Bertz CT molecular complexity index is 812. The van der Waals surface area contributed by atoms with Crippen LogP contribution < -0.4 is 9.46 Å². The molecular weight excluding hydrogens is 324 g/mol. The summed E-state index contributed by atoms with van der Waals surface area (Å²) in [6.07, 6.45) is 0. The van der Waals surface area contributed by atoms with Crippen molar-refractivity contribution in [1.29, 1.82) is 5.26 Å². The third-order valence-electron chi connectivity index (χ3n) is 2.85. The monoisotopic (exact) mass is 336 g/mol. The van der Waals surface area contributed by atoms with E-state index in [1.54, 1.807) is 43.3 Å². The SMILES string of the molecule is Cc1ccc(Cl)cc1S(=O)(=O)Nc1ccc(OCC#N)cc1. The van der Waals surface area contributed by atoms with Crippen LogP contribution in [0.2, 0.25) is 5.02 Å². The van der Waals surface area contributed by atoms with Crippen molar-refractivity contribution in [2.75, 3.05) is 11.3 Å². The smallest absolute Gasteiger partial charge is 0.262 e. The summed E-state index contributed by atoms with van der Waals surface area (Å²) in [6.45, 7) is 1.64. The molecule has 1 N–H and O–H groups in total. The Morgan fingerprint density at radius 1 is 1.23 bits per heavy atom. The van der Waals surface area contributed by atoms with E-state index in [0.29, 0.717) is 22.0 Å². The Morgan fingerprint density at radius 3 is 2.55 bits per heavy atom. The molecule has 2 rings (SSSR count). The molecular formula is C15H13ClN2O3S. The van der Waals surface area contributed by atoms with Crippen molar-refractivity contribution in [3.05, 3.63) is 53.1 Å². The molecule has 22 heavy (non-hydrogen) atoms. The number of rotatable bonds is 5. The van der Waals surface area contributed by atoms with Crippen molar-refractivity contribution >= 4 is 27.3 Å². The van der Waals surface area contributed by atoms with Crippen LogP contribution in [0.5, 0.6) is 5.75 Å². The van der Waals surface area contributed by atoms with Crippen molar-refractivity contribution in [3.8, 4) is 11.8 Å². The van der Waals surface area contributed by atoms with Gasteiger partial charge in [-0.25, -0.2) is 8.42 Å². The molecule has 0 unspecified atom stereocenters. The highest BCUT2D eigenvalue weighted by Crippen LogP contribution is 2.24. The molecule has 0 fully saturated rings. The van der Waals surface area contributed by atoms with Gasteiger partial charge in [0.2, 0.25) is 0 Å². The molecule has 0 saturated heterocycles. The minimum absolute atomic E-state index is 0.0627. The number of ether oxygens (including phenoxy) is 1. The molecule has 114 valence electrons. The van der Waals surface area contributed by atoms with Gasteiger partial charge in [0.15, 0.2) is 6.61 Å². The van der Waals surface area contributed by atoms with Gasteiger partial charge in [-0.15, -0.1) is 0 Å². The van der Waals surface area contributed by atoms with Crippen LogP contribution in [0.3, 0.4) is 0 Å². The maximum absolute atomic E-state index is 12.4. The summed E-state index contributed by atoms with van der Waals surface area (Å²) >= 11 is 5.86. The van der Waals surface area contributed by atoms with Crippen LogP contribution in [0, 0.1) is 18.3 Å². The first kappa shape index (κ1) is 16.1. The summed E-state index contributed by atoms with van der Waals surface area (Å²) in [4.78, 5) is 0.129. The van der Waals surface area contributed by atoms with Gasteiger partial charge < -0.3 is 4.74 Å². The van der Waals surface area contributed by atoms with E-state index >= 15 is 0 Å². The first-order chi connectivity index (χ1) is 10.4. The van der Waals surface area contributed by atoms with E-state index in [0.717, 1.165) is 0 Å². The van der Waals surface area contributed by atoms with E-state index in [2.05, 4.69) is 4.72 Å². The number of benzene rings is 2. The van der Waals surface area contributed by atoms with Gasteiger partial charge in [0.05, 0.1) is 4.90 Å². The van der Waals surface area contributed by atoms with E-state index < -0.39 is 10.0 Å². The summed E-state index contributed by atoms with van der Waals surface area (Å²) in [5.74, 6) is 0.489. The van der Waals surface area contributed by atoms with E-state index in [4.69, 9.17) is 21.6 Å². The van der Waals surface area contributed by atoms with Crippen molar-refractivity contribution in [3.63, 3.8) is 0 Å². The second kappa shape index (κ2) is 6.69. The van der Waals surface area contributed by atoms with Gasteiger partial charge >= 0.3 is 0 Å². The molecule has 0 amide bonds. The summed E-state index contributed by atoms with van der Waals surface area (Å²) < 4.78 is 32.4. The van der Waals surface area contributed by atoms with Crippen LogP contribution in [-0.2, 0) is 10.0 Å². The number of anilines is 1. The number of nitriles is 1. The van der Waals surface area contributed by atoms with E-state index in [-0.39, 0.29) is 11.5 Å². The number of hydrogen-bond acceptors (Lipinski definition) is 4. The number of halogens is 1. The molecule has 0 bridgehead atoms. The van der Waals surface area contributed by atoms with Crippen molar-refractivity contribution in [2.45, 2.75) is 11.8 Å². The highest BCUT2D eigenvalue weighted by atomic mass is 35.5. The number of hydrogen-bond donors (Lipinski definition) is 1. The van der Waals surface area contributed by atoms with Gasteiger partial charge in [0, 0.05) is 10.7 Å². The zero-order valence-corrected chi connectivity index (χ0v) is 13.3. The molecule has 0 aromatic heterocycles. The summed E-state index contributed by atoms with van der Waals surface area (Å²) in [5.41, 5.74) is 0.995. The van der Waals surface area contributed by atoms with Crippen LogP contribution in [0.4, 0.5) is 5.69 Å². The zero-order valence-electron chi connectivity index (χ0n) is 11.7. The summed E-state index contributed by atoms with van der Waals surface area (Å²) in [7, 11) is -3.72. The number of aryl methyl sites for hydroxylation is 1. The van der Waals surface area contributed by atoms with Gasteiger partial charge in [0.1, 0.15) is 11.8 Å². The molecule has 5 nitrogen and oxygen atoms in total. The molecule has 7 heteroatoms. The lowest BCUT2D eigenvalue weighted by atomic mass is 10.2. The lowest BCUT2D eigenvalue weighted by Crippen LogP contribution is -2.14. The van der Waals surface area contributed by atoms with Crippen LogP contribution in [0.25, 0.3) is 0 Å². The lowest BCUT2D eigenvalue weighted by molar-refractivity contribution is 0.368. The fourth-order valence-corrected chi connectivity index (χ4v) is 3.38. The highest BCUT2D eigenvalue weighted by molar-refractivity contribution is 7.92. The maximum Gasteiger partial charge on any atom is 0.262 e. The molecule has 0 atom stereocenters. The van der Waals surface area contributed by atoms with Crippen LogP contribution >= 0.6 is 11.6 Å². The predicted molar refractivity (Wildman–Crippen MR) is 84.5 cm³/mol. The molecule has 2 aromatic rings. The Hall–Kier alpha value is -2.23. The predicted octanol–water partition coefficient (Wildman–Crippen LogP) is 3.35. The fourth-order valence-electron chi connectivity index (χ4n) is 1.81. The maximum atomic E-state index is 12.4. The minimum Gasteiger partial charge on any atom is -0.479 e. The van der Waals surface area contributed by atoms with Crippen molar-refractivity contribution in [2.24, 2.45) is 0 Å². The number of sulfonamides is 1. The average molecular weight is 337 g/mol. The average Bonchev–Trinajstić information content (AvgIpc) is 2.48. The zero-order chi connectivity index (χ0) is 16.2. The van der Waals surface area contributed by atoms with Gasteiger partial charge in [-0.3, -0.25) is 4.72 Å². The highest BCUT2D eigenvalue weighted by Gasteiger charge is 2.17. The molecule has 0 aliphatic rings. The Balaban J connectivity index is 2.22. The Kier molecular flexibility index (Phi) is 4.91. The quantitative estimate of drug-likeness (QED) is 0.908. The van der Waals surface area contributed by atoms with E-state index in [9.17, 15) is 8.42 Å². The molecule has 0 aliphatic heterocycles. The van der Waals surface area contributed by atoms with Crippen LogP contribution in [0.1, 0.15) is 5.56 Å². The van der Waals surface area contributed by atoms with Crippen LogP contribution in [-0.4, -0.2) is 15.0 Å². The van der Waals surface area contributed by atoms with Crippen LogP contribution in [0.15, 0.2) is 47.4 Å². The number of nitrogens with zero attached hydrogens (tertiary/aromatic N) is 1. The normalized spacial score (nSPS) is 10.8. The molecule has 0 saturated carbocycles. The molecule has 0 heterocycles. The van der Waals surface area contributed by atoms with Gasteiger partial charge in [-0.2, -0.15) is 5.26 Å². The fraction of sp³-hybridized carbons (Fsp3) is 0.133. The first-order valence-corrected chi connectivity index (χ1v) is 8.17. The molecule has 0 spiro atoms. The third-order valence-corrected chi connectivity index (χ3v) is 4.61. The van der Waals surface area contributed by atoms with Crippen molar-refractivity contribution < 1.29 is 13.2 Å². The lowest BCUT2D eigenvalue weighted by Gasteiger charge is -2.11. The molecule has 0 radical (unpaired) electrons. The Labute approximate surface area is 134 Å². The summed E-state index contributed by atoms with van der Waals surface area (Å²) in [6, 6.07) is 12.8. The van der Waals surface area contributed by atoms with Crippen molar-refractivity contribution in [1.82, 2.24) is 0 Å². The third kappa shape index (κ3) is 3.91. The van der Waals surface area contributed by atoms with Gasteiger partial charge in [-0.1, -0.05) is 17.7 Å². The second-order valence-electron chi connectivity index (χ2n) is 4.49. The van der Waals surface area contributed by atoms with Gasteiger partial charge in [0.25, 0.3) is 10.0 Å². The van der Waals surface area contributed by atoms with E-state index in [1.165, 1.54) is 6.07 Å². The molecule has 2 aromatic carbocycles. The van der Waals surface area contributed by atoms with Gasteiger partial charge in [-0.05, 0) is 48.9 Å². The standard InChI is InChI=1S/C15H13ClN2O3S/c1-11-2-3-12(16)10-15(11)22(19,20)18-13-4-6-14(7-5-13)21-9-8-17/h2-7,10,18H,9H2,1H3. The largest absolute Gasteiger partial charge is 0.479 e. The first-order valence-electron chi connectivity index (χ1n) is 6.31. The Morgan fingerprint density at radius 2 is 1.91 bits per heavy atom. The molecule has 0 aliphatic carbocycles. The minimum atomic E-state index is -3.72. The second-order valence-corrected chi connectivity index (χ2v) is 6.57. The summed E-state index contributed by atoms with van der Waals surface area (Å²) in [5, 5.41) is 8.78. The topological polar surface area (TPSA) is 79.2 Å².